The maximum Gasteiger partial charge on any atom is 0.312 e. The molecule has 1 heterocycles. The van der Waals surface area contributed by atoms with Gasteiger partial charge in [0.15, 0.2) is 0 Å². The summed E-state index contributed by atoms with van der Waals surface area (Å²) in [4.78, 5) is 15.3. The van der Waals surface area contributed by atoms with E-state index in [9.17, 15) is 15.2 Å². The van der Waals surface area contributed by atoms with Crippen molar-refractivity contribution in [1.29, 1.82) is 0 Å². The lowest BCUT2D eigenvalue weighted by Gasteiger charge is -2.07. The third kappa shape index (κ3) is 4.73. The molecule has 0 radical (unpaired) electrons. The lowest BCUT2D eigenvalue weighted by molar-refractivity contribution is -0.385. The van der Waals surface area contributed by atoms with Crippen molar-refractivity contribution in [1.82, 2.24) is 4.68 Å². The monoisotopic (exact) mass is 482 g/mol. The van der Waals surface area contributed by atoms with Gasteiger partial charge < -0.3 is 5.11 Å². The fourth-order valence-electron chi connectivity index (χ4n) is 2.50. The summed E-state index contributed by atoms with van der Waals surface area (Å²) in [6.45, 7) is 4.00. The van der Waals surface area contributed by atoms with E-state index in [1.54, 1.807) is 29.7 Å². The SMILES string of the molecule is C=CCN=c1scc(-c2cc(Cl)ccc2Cl)n1N=Cc1cc(Cl)cc([N+](=O)[O-])c1O. The number of hydrogen-bond donors (Lipinski definition) is 1. The number of phenols is 1. The molecule has 3 rings (SSSR count). The van der Waals surface area contributed by atoms with Crippen LogP contribution >= 0.6 is 46.1 Å². The van der Waals surface area contributed by atoms with E-state index in [0.29, 0.717) is 32.6 Å². The van der Waals surface area contributed by atoms with Crippen LogP contribution in [0.5, 0.6) is 5.75 Å². The van der Waals surface area contributed by atoms with Gasteiger partial charge in [0.05, 0.1) is 28.4 Å². The highest BCUT2D eigenvalue weighted by Crippen LogP contribution is 2.33. The van der Waals surface area contributed by atoms with Crippen LogP contribution in [0.15, 0.2) is 58.5 Å². The Labute approximate surface area is 190 Å². The zero-order chi connectivity index (χ0) is 21.8. The zero-order valence-electron chi connectivity index (χ0n) is 15.1. The number of halogens is 3. The number of nitrogens with zero attached hydrogens (tertiary/aromatic N) is 4. The molecular formula is C19H13Cl3N4O3S. The van der Waals surface area contributed by atoms with Gasteiger partial charge in [-0.3, -0.25) is 15.1 Å². The first kappa shape index (κ1) is 22.0. The van der Waals surface area contributed by atoms with Gasteiger partial charge in [0.2, 0.25) is 10.6 Å². The second-order valence-corrected chi connectivity index (χ2v) is 7.95. The Morgan fingerprint density at radius 2 is 2.00 bits per heavy atom. The maximum absolute atomic E-state index is 11.1. The zero-order valence-corrected chi connectivity index (χ0v) is 18.2. The van der Waals surface area contributed by atoms with Crippen LogP contribution in [-0.4, -0.2) is 27.5 Å². The third-order valence-electron chi connectivity index (χ3n) is 3.84. The Balaban J connectivity index is 2.18. The van der Waals surface area contributed by atoms with Crippen molar-refractivity contribution < 1.29 is 10.0 Å². The van der Waals surface area contributed by atoms with E-state index in [1.807, 2.05) is 0 Å². The van der Waals surface area contributed by atoms with E-state index in [1.165, 1.54) is 28.3 Å². The molecule has 7 nitrogen and oxygen atoms in total. The Hall–Kier alpha value is -2.65. The Bertz CT molecular complexity index is 1230. The summed E-state index contributed by atoms with van der Waals surface area (Å²) >= 11 is 19.7. The highest BCUT2D eigenvalue weighted by atomic mass is 35.5. The molecule has 0 fully saturated rings. The number of thiazole rings is 1. The van der Waals surface area contributed by atoms with Crippen molar-refractivity contribution in [3.8, 4) is 17.0 Å². The quantitative estimate of drug-likeness (QED) is 0.209. The molecule has 0 aliphatic rings. The number of nitro benzene ring substituents is 1. The molecule has 0 bridgehead atoms. The molecule has 0 unspecified atom stereocenters. The summed E-state index contributed by atoms with van der Waals surface area (Å²) in [6.07, 6.45) is 2.89. The predicted molar refractivity (Wildman–Crippen MR) is 121 cm³/mol. The fourth-order valence-corrected chi connectivity index (χ4v) is 3.95. The van der Waals surface area contributed by atoms with Gasteiger partial charge in [-0.1, -0.05) is 40.9 Å². The van der Waals surface area contributed by atoms with E-state index in [4.69, 9.17) is 34.8 Å². The number of aromatic nitrogens is 1. The molecule has 3 aromatic rings. The van der Waals surface area contributed by atoms with Crippen LogP contribution < -0.4 is 4.80 Å². The number of nitro groups is 1. The van der Waals surface area contributed by atoms with E-state index in [2.05, 4.69) is 16.7 Å². The highest BCUT2D eigenvalue weighted by Gasteiger charge is 2.18. The maximum atomic E-state index is 11.1. The van der Waals surface area contributed by atoms with E-state index >= 15 is 0 Å². The fraction of sp³-hybridized carbons (Fsp3) is 0.0526. The topological polar surface area (TPSA) is 93.0 Å². The highest BCUT2D eigenvalue weighted by molar-refractivity contribution is 7.07. The van der Waals surface area contributed by atoms with Gasteiger partial charge in [-0.2, -0.15) is 5.10 Å². The second kappa shape index (κ2) is 9.44. The molecule has 0 saturated heterocycles. The minimum atomic E-state index is -0.724. The molecular weight excluding hydrogens is 471 g/mol. The normalized spacial score (nSPS) is 11.9. The average Bonchev–Trinajstić information content (AvgIpc) is 3.10. The molecule has 1 aromatic heterocycles. The van der Waals surface area contributed by atoms with Crippen LogP contribution in [0.25, 0.3) is 11.3 Å². The molecule has 0 spiro atoms. The molecule has 0 amide bonds. The first-order chi connectivity index (χ1) is 14.3. The minimum Gasteiger partial charge on any atom is -0.502 e. The summed E-state index contributed by atoms with van der Waals surface area (Å²) in [7, 11) is 0. The number of hydrogen-bond acceptors (Lipinski definition) is 6. The van der Waals surface area contributed by atoms with Crippen LogP contribution in [0.2, 0.25) is 15.1 Å². The van der Waals surface area contributed by atoms with Crippen molar-refractivity contribution in [3.63, 3.8) is 0 Å². The average molecular weight is 484 g/mol. The number of aromatic hydroxyl groups is 1. The Morgan fingerprint density at radius 3 is 2.70 bits per heavy atom. The van der Waals surface area contributed by atoms with E-state index in [0.717, 1.165) is 6.07 Å². The van der Waals surface area contributed by atoms with Gasteiger partial charge in [0, 0.05) is 32.6 Å². The lowest BCUT2D eigenvalue weighted by atomic mass is 10.2. The van der Waals surface area contributed by atoms with Crippen molar-refractivity contribution in [2.75, 3.05) is 6.54 Å². The number of phenolic OH excluding ortho intramolecular Hbond substituents is 1. The van der Waals surface area contributed by atoms with Gasteiger partial charge in [0.25, 0.3) is 0 Å². The van der Waals surface area contributed by atoms with E-state index in [-0.39, 0.29) is 10.6 Å². The summed E-state index contributed by atoms with van der Waals surface area (Å²) in [5.41, 5.74) is 0.779. The van der Waals surface area contributed by atoms with Crippen LogP contribution in [-0.2, 0) is 0 Å². The minimum absolute atomic E-state index is 0.0747. The molecule has 154 valence electrons. The van der Waals surface area contributed by atoms with Crippen LogP contribution in [0.1, 0.15) is 5.56 Å². The van der Waals surface area contributed by atoms with Crippen molar-refractivity contribution in [2.45, 2.75) is 0 Å². The smallest absolute Gasteiger partial charge is 0.312 e. The summed E-state index contributed by atoms with van der Waals surface area (Å²) < 4.78 is 1.50. The van der Waals surface area contributed by atoms with Gasteiger partial charge in [-0.25, -0.2) is 4.68 Å². The second-order valence-electron chi connectivity index (χ2n) is 5.83. The van der Waals surface area contributed by atoms with Gasteiger partial charge in [-0.05, 0) is 24.3 Å². The van der Waals surface area contributed by atoms with Gasteiger partial charge >= 0.3 is 5.69 Å². The predicted octanol–water partition coefficient (Wildman–Crippen LogP) is 5.76. The standard InChI is InChI=1S/C19H13Cl3N4O3S/c1-2-5-23-19-25(17(10-30-19)14-7-12(20)3-4-15(14)22)24-9-11-6-13(21)8-16(18(11)27)26(28)29/h2-4,6-10,27H,1,5H2. The summed E-state index contributed by atoms with van der Waals surface area (Å²) in [6, 6.07) is 7.45. The molecule has 0 aliphatic heterocycles. The molecule has 11 heteroatoms. The molecule has 0 atom stereocenters. The van der Waals surface area contributed by atoms with E-state index < -0.39 is 16.4 Å². The van der Waals surface area contributed by atoms with Crippen LogP contribution in [0, 0.1) is 10.1 Å². The van der Waals surface area contributed by atoms with Crippen LogP contribution in [0.4, 0.5) is 5.69 Å². The molecule has 2 aromatic carbocycles. The lowest BCUT2D eigenvalue weighted by Crippen LogP contribution is -2.12. The van der Waals surface area contributed by atoms with Gasteiger partial charge in [0.1, 0.15) is 0 Å². The van der Waals surface area contributed by atoms with Crippen molar-refractivity contribution in [2.24, 2.45) is 10.1 Å². The number of benzene rings is 2. The summed E-state index contributed by atoms with van der Waals surface area (Å²) in [5, 5.41) is 28.6. The summed E-state index contributed by atoms with van der Waals surface area (Å²) in [5.74, 6) is -0.545. The third-order valence-corrected chi connectivity index (χ3v) is 5.48. The van der Waals surface area contributed by atoms with Crippen LogP contribution in [0.3, 0.4) is 0 Å². The molecule has 0 saturated carbocycles. The Kier molecular flexibility index (Phi) is 6.94. The first-order valence-corrected chi connectivity index (χ1v) is 10.3. The first-order valence-electron chi connectivity index (χ1n) is 8.30. The molecule has 30 heavy (non-hydrogen) atoms. The molecule has 1 N–H and O–H groups in total. The molecule has 0 aliphatic carbocycles. The Morgan fingerprint density at radius 1 is 1.23 bits per heavy atom. The largest absolute Gasteiger partial charge is 0.502 e. The number of rotatable bonds is 6. The van der Waals surface area contributed by atoms with Gasteiger partial charge in [-0.15, -0.1) is 17.9 Å². The van der Waals surface area contributed by atoms with Crippen molar-refractivity contribution >= 4 is 58.0 Å². The van der Waals surface area contributed by atoms with Crippen molar-refractivity contribution in [3.05, 3.63) is 83.9 Å².